The molecule has 0 aliphatic carbocycles. The van der Waals surface area contributed by atoms with Gasteiger partial charge >= 0.3 is 6.09 Å². The van der Waals surface area contributed by atoms with E-state index in [9.17, 15) is 22.7 Å². The molecule has 0 aliphatic heterocycles. The number of amides is 1. The maximum atomic E-state index is 13.4. The molecule has 1 aromatic carbocycles. The van der Waals surface area contributed by atoms with Gasteiger partial charge in [-0.3, -0.25) is 0 Å². The van der Waals surface area contributed by atoms with Crippen molar-refractivity contribution in [3.8, 4) is 0 Å². The van der Waals surface area contributed by atoms with Crippen LogP contribution in [0.15, 0.2) is 43.9 Å². The zero-order chi connectivity index (χ0) is 19.7. The van der Waals surface area contributed by atoms with Crippen molar-refractivity contribution in [2.24, 2.45) is 5.41 Å². The first-order chi connectivity index (χ1) is 11.9. The van der Waals surface area contributed by atoms with Crippen molar-refractivity contribution >= 4 is 43.2 Å². The molecule has 0 aliphatic rings. The zero-order valence-electron chi connectivity index (χ0n) is 14.5. The Morgan fingerprint density at radius 3 is 2.50 bits per heavy atom. The number of halogens is 2. The summed E-state index contributed by atoms with van der Waals surface area (Å²) in [6.07, 6.45) is -1.07. The average Bonchev–Trinajstić information content (AvgIpc) is 2.86. The lowest BCUT2D eigenvalue weighted by atomic mass is 9.96. The van der Waals surface area contributed by atoms with Crippen LogP contribution in [0, 0.1) is 11.2 Å². The number of nitrogens with zero attached hydrogens (tertiary/aromatic N) is 1. The molecule has 0 unspecified atom stereocenters. The van der Waals surface area contributed by atoms with E-state index >= 15 is 0 Å². The Morgan fingerprint density at radius 1 is 1.31 bits per heavy atom. The van der Waals surface area contributed by atoms with E-state index < -0.39 is 21.7 Å². The predicted octanol–water partition coefficient (Wildman–Crippen LogP) is 5.01. The minimum Gasteiger partial charge on any atom is -0.465 e. The van der Waals surface area contributed by atoms with Crippen LogP contribution in [-0.2, 0) is 16.4 Å². The molecule has 0 bridgehead atoms. The third kappa shape index (κ3) is 5.05. The first-order valence-electron chi connectivity index (χ1n) is 7.67. The summed E-state index contributed by atoms with van der Waals surface area (Å²) in [5.41, 5.74) is -0.233. The Labute approximate surface area is 164 Å². The van der Waals surface area contributed by atoms with Crippen molar-refractivity contribution in [3.63, 3.8) is 0 Å². The molecule has 2 rings (SSSR count). The van der Waals surface area contributed by atoms with Crippen LogP contribution in [0.3, 0.4) is 0 Å². The monoisotopic (exact) mass is 463 g/mol. The quantitative estimate of drug-likeness (QED) is 0.675. The molecule has 0 spiro atoms. The van der Waals surface area contributed by atoms with Gasteiger partial charge in [0.1, 0.15) is 10.0 Å². The summed E-state index contributed by atoms with van der Waals surface area (Å²) in [7, 11) is -3.90. The first kappa shape index (κ1) is 20.9. The van der Waals surface area contributed by atoms with Crippen LogP contribution in [0.5, 0.6) is 0 Å². The molecule has 2 aromatic rings. The summed E-state index contributed by atoms with van der Waals surface area (Å²) in [4.78, 5) is 13.2. The van der Waals surface area contributed by atoms with Crippen molar-refractivity contribution in [1.29, 1.82) is 0 Å². The lowest BCUT2D eigenvalue weighted by Gasteiger charge is -2.27. The molecule has 0 fully saturated rings. The minimum atomic E-state index is -3.90. The van der Waals surface area contributed by atoms with Gasteiger partial charge in [-0.05, 0) is 45.6 Å². The van der Waals surface area contributed by atoms with Gasteiger partial charge in [0.15, 0.2) is 0 Å². The maximum absolute atomic E-state index is 13.4. The largest absolute Gasteiger partial charge is 0.465 e. The van der Waals surface area contributed by atoms with Gasteiger partial charge in [-0.2, -0.15) is 0 Å². The van der Waals surface area contributed by atoms with E-state index in [1.165, 1.54) is 23.1 Å². The van der Waals surface area contributed by atoms with E-state index in [-0.39, 0.29) is 21.1 Å². The number of carbonyl (C=O) groups is 1. The number of hydrogen-bond donors (Lipinski definition) is 1. The number of rotatable bonds is 5. The SMILES string of the molecule is CC(C)(C)CN(Cc1cc(Br)c(S(=O)(=O)c2cccc(F)c2)s1)C(=O)O. The van der Waals surface area contributed by atoms with Crippen LogP contribution < -0.4 is 0 Å². The highest BCUT2D eigenvalue weighted by Gasteiger charge is 2.26. The van der Waals surface area contributed by atoms with Crippen molar-refractivity contribution in [1.82, 2.24) is 4.90 Å². The van der Waals surface area contributed by atoms with E-state index in [4.69, 9.17) is 0 Å². The van der Waals surface area contributed by atoms with Crippen molar-refractivity contribution in [2.45, 2.75) is 36.4 Å². The summed E-state index contributed by atoms with van der Waals surface area (Å²) in [5.74, 6) is -0.638. The van der Waals surface area contributed by atoms with Gasteiger partial charge in [0, 0.05) is 15.9 Å². The third-order valence-corrected chi connectivity index (χ3v) is 7.89. The summed E-state index contributed by atoms with van der Waals surface area (Å²) >= 11 is 4.21. The van der Waals surface area contributed by atoms with Crippen molar-refractivity contribution in [3.05, 3.63) is 45.5 Å². The van der Waals surface area contributed by atoms with Crippen LogP contribution in [-0.4, -0.2) is 31.1 Å². The Bertz CT molecular complexity index is 919. The number of benzene rings is 1. The molecule has 1 aromatic heterocycles. The average molecular weight is 464 g/mol. The molecule has 0 atom stereocenters. The molecule has 1 amide bonds. The van der Waals surface area contributed by atoms with Crippen LogP contribution in [0.25, 0.3) is 0 Å². The molecule has 1 heterocycles. The molecule has 142 valence electrons. The van der Waals surface area contributed by atoms with Crippen molar-refractivity contribution < 1.29 is 22.7 Å². The van der Waals surface area contributed by atoms with E-state index in [0.29, 0.717) is 15.9 Å². The van der Waals surface area contributed by atoms with Gasteiger partial charge in [0.2, 0.25) is 9.84 Å². The fourth-order valence-corrected chi connectivity index (χ4v) is 6.56. The lowest BCUT2D eigenvalue weighted by Crippen LogP contribution is -2.36. The Kier molecular flexibility index (Phi) is 6.14. The molecular formula is C17H19BrFNO4S2. The summed E-state index contributed by atoms with van der Waals surface area (Å²) in [6.45, 7) is 6.16. The highest BCUT2D eigenvalue weighted by molar-refractivity contribution is 9.10. The van der Waals surface area contributed by atoms with Gasteiger partial charge in [-0.15, -0.1) is 11.3 Å². The predicted molar refractivity (Wildman–Crippen MR) is 102 cm³/mol. The second-order valence-electron chi connectivity index (χ2n) is 7.01. The molecule has 5 nitrogen and oxygen atoms in total. The van der Waals surface area contributed by atoms with Crippen LogP contribution in [0.1, 0.15) is 25.6 Å². The highest BCUT2D eigenvalue weighted by Crippen LogP contribution is 2.36. The number of sulfone groups is 1. The molecule has 9 heteroatoms. The maximum Gasteiger partial charge on any atom is 0.407 e. The third-order valence-electron chi connectivity index (χ3n) is 3.34. The molecule has 1 N–H and O–H groups in total. The molecule has 26 heavy (non-hydrogen) atoms. The standard InChI is InChI=1S/C17H19BrFNO4S2/c1-17(2,3)10-20(16(21)22)9-12-8-14(18)15(25-12)26(23,24)13-6-4-5-11(19)7-13/h4-8H,9-10H2,1-3H3,(H,21,22). The Hall–Kier alpha value is -1.45. The Morgan fingerprint density at radius 2 is 1.96 bits per heavy atom. The molecule has 0 saturated carbocycles. The first-order valence-corrected chi connectivity index (χ1v) is 10.8. The summed E-state index contributed by atoms with van der Waals surface area (Å²) in [6, 6.07) is 6.39. The second kappa shape index (κ2) is 7.66. The van der Waals surface area contributed by atoms with Crippen LogP contribution in [0.4, 0.5) is 9.18 Å². The molecule has 0 radical (unpaired) electrons. The van der Waals surface area contributed by atoms with Gasteiger partial charge < -0.3 is 10.0 Å². The summed E-state index contributed by atoms with van der Waals surface area (Å²) < 4.78 is 39.3. The molecule has 0 saturated heterocycles. The number of thiophene rings is 1. The zero-order valence-corrected chi connectivity index (χ0v) is 17.7. The molecular weight excluding hydrogens is 445 g/mol. The summed E-state index contributed by atoms with van der Waals surface area (Å²) in [5, 5.41) is 9.40. The van der Waals surface area contributed by atoms with Crippen LogP contribution in [0.2, 0.25) is 0 Å². The van der Waals surface area contributed by atoms with Gasteiger partial charge in [-0.1, -0.05) is 26.8 Å². The number of carboxylic acid groups (broad SMARTS) is 1. The highest BCUT2D eigenvalue weighted by atomic mass is 79.9. The van der Waals surface area contributed by atoms with Crippen molar-refractivity contribution in [2.75, 3.05) is 6.54 Å². The second-order valence-corrected chi connectivity index (χ2v) is 11.1. The topological polar surface area (TPSA) is 74.7 Å². The normalized spacial score (nSPS) is 12.2. The lowest BCUT2D eigenvalue weighted by molar-refractivity contribution is 0.123. The van der Waals surface area contributed by atoms with E-state index in [2.05, 4.69) is 15.9 Å². The van der Waals surface area contributed by atoms with Crippen LogP contribution >= 0.6 is 27.3 Å². The van der Waals surface area contributed by atoms with Gasteiger partial charge in [-0.25, -0.2) is 17.6 Å². The van der Waals surface area contributed by atoms with E-state index in [1.807, 2.05) is 20.8 Å². The van der Waals surface area contributed by atoms with Gasteiger partial charge in [0.25, 0.3) is 0 Å². The minimum absolute atomic E-state index is 0.0270. The fraction of sp³-hybridized carbons (Fsp3) is 0.353. The van der Waals surface area contributed by atoms with E-state index in [0.717, 1.165) is 17.4 Å². The van der Waals surface area contributed by atoms with E-state index in [1.54, 1.807) is 6.07 Å². The number of hydrogen-bond acceptors (Lipinski definition) is 4. The fourth-order valence-electron chi connectivity index (χ4n) is 2.35. The Balaban J connectivity index is 2.35. The smallest absolute Gasteiger partial charge is 0.407 e. The van der Waals surface area contributed by atoms with Gasteiger partial charge in [0.05, 0.1) is 11.4 Å².